The summed E-state index contributed by atoms with van der Waals surface area (Å²) in [7, 11) is 0. The lowest BCUT2D eigenvalue weighted by Crippen LogP contribution is -2.33. The van der Waals surface area contributed by atoms with Crippen molar-refractivity contribution in [2.24, 2.45) is 0 Å². The minimum absolute atomic E-state index is 0.0702. The van der Waals surface area contributed by atoms with Gasteiger partial charge in [0.25, 0.3) is 0 Å². The van der Waals surface area contributed by atoms with Gasteiger partial charge in [0.15, 0.2) is 17.5 Å². The second-order valence-electron chi connectivity index (χ2n) is 17.5. The summed E-state index contributed by atoms with van der Waals surface area (Å²) >= 11 is 0. The maximum absolute atomic E-state index is 5.31. The van der Waals surface area contributed by atoms with Gasteiger partial charge in [-0.3, -0.25) is 0 Å². The van der Waals surface area contributed by atoms with Crippen LogP contribution in [0.15, 0.2) is 170 Å². The zero-order valence-electron chi connectivity index (χ0n) is 33.9. The molecule has 0 atom stereocenters. The van der Waals surface area contributed by atoms with E-state index in [4.69, 9.17) is 15.0 Å². The first-order valence-corrected chi connectivity index (χ1v) is 20.7. The third-order valence-corrected chi connectivity index (χ3v) is 12.9. The highest BCUT2D eigenvalue weighted by Crippen LogP contribution is 2.49. The van der Waals surface area contributed by atoms with Gasteiger partial charge in [-0.25, -0.2) is 15.0 Å². The van der Waals surface area contributed by atoms with Gasteiger partial charge in [0.05, 0.1) is 11.0 Å². The van der Waals surface area contributed by atoms with Gasteiger partial charge in [0.2, 0.25) is 0 Å². The molecule has 4 heteroatoms. The molecule has 0 spiro atoms. The Hall–Kier alpha value is -6.91. The van der Waals surface area contributed by atoms with Gasteiger partial charge in [-0.2, -0.15) is 0 Å². The van der Waals surface area contributed by atoms with Crippen molar-refractivity contribution >= 4 is 43.4 Å². The smallest absolute Gasteiger partial charge is 0.164 e. The Kier molecular flexibility index (Phi) is 7.96. The van der Waals surface area contributed by atoms with Gasteiger partial charge >= 0.3 is 0 Å². The van der Waals surface area contributed by atoms with Crippen LogP contribution >= 0.6 is 0 Å². The third-order valence-electron chi connectivity index (χ3n) is 12.9. The van der Waals surface area contributed by atoms with E-state index in [1.807, 2.05) is 6.07 Å². The molecule has 0 fully saturated rings. The molecule has 11 rings (SSSR count). The van der Waals surface area contributed by atoms with E-state index in [0.717, 1.165) is 45.3 Å². The van der Waals surface area contributed by atoms with Crippen molar-refractivity contribution in [3.05, 3.63) is 181 Å². The SMILES string of the molecule is CC1(C)CCC(C)(C)c2cc3c(cc21)c1ccc2ccccc2c1n3-c1cccc(-c2nc(-c3ccc4ccccc4c3)nc(-c3ccccc3-c3ccccc3)n2)c1. The summed E-state index contributed by atoms with van der Waals surface area (Å²) in [5.74, 6) is 1.92. The van der Waals surface area contributed by atoms with Gasteiger partial charge in [-0.05, 0) is 92.4 Å². The van der Waals surface area contributed by atoms with Crippen LogP contribution in [0, 0.1) is 0 Å². The Balaban J connectivity index is 1.16. The molecule has 0 bridgehead atoms. The molecule has 0 amide bonds. The number of nitrogens with zero attached hydrogens (tertiary/aromatic N) is 4. The molecule has 284 valence electrons. The molecule has 10 aromatic rings. The van der Waals surface area contributed by atoms with Gasteiger partial charge in [0, 0.05) is 38.5 Å². The second-order valence-corrected chi connectivity index (χ2v) is 17.5. The van der Waals surface area contributed by atoms with Gasteiger partial charge in [0.1, 0.15) is 0 Å². The van der Waals surface area contributed by atoms with Gasteiger partial charge < -0.3 is 4.57 Å². The summed E-state index contributed by atoms with van der Waals surface area (Å²) in [6, 6.07) is 61.0. The predicted molar refractivity (Wildman–Crippen MR) is 246 cm³/mol. The summed E-state index contributed by atoms with van der Waals surface area (Å²) < 4.78 is 2.49. The van der Waals surface area contributed by atoms with E-state index in [2.05, 4.69) is 196 Å². The number of fused-ring (bicyclic) bond motifs is 7. The lowest BCUT2D eigenvalue weighted by Gasteiger charge is -2.42. The first-order chi connectivity index (χ1) is 28.7. The van der Waals surface area contributed by atoms with Crippen molar-refractivity contribution in [3.8, 4) is 51.0 Å². The highest BCUT2D eigenvalue weighted by molar-refractivity contribution is 6.19. The van der Waals surface area contributed by atoms with E-state index in [1.165, 1.54) is 55.5 Å². The molecule has 0 radical (unpaired) electrons. The quantitative estimate of drug-likeness (QED) is 0.175. The van der Waals surface area contributed by atoms with E-state index in [-0.39, 0.29) is 10.8 Å². The molecule has 1 aliphatic carbocycles. The van der Waals surface area contributed by atoms with Crippen molar-refractivity contribution in [2.75, 3.05) is 0 Å². The van der Waals surface area contributed by atoms with Crippen molar-refractivity contribution in [2.45, 2.75) is 51.4 Å². The topological polar surface area (TPSA) is 43.6 Å². The second kappa shape index (κ2) is 13.3. The Bertz CT molecular complexity index is 3280. The Morgan fingerprint density at radius 2 is 1.00 bits per heavy atom. The Labute approximate surface area is 344 Å². The van der Waals surface area contributed by atoms with Gasteiger partial charge in [-0.1, -0.05) is 167 Å². The molecular formula is C55H44N4. The third kappa shape index (κ3) is 5.85. The molecule has 1 aliphatic rings. The number of hydrogen-bond acceptors (Lipinski definition) is 3. The van der Waals surface area contributed by atoms with Crippen LogP contribution in [0.1, 0.15) is 51.7 Å². The fourth-order valence-corrected chi connectivity index (χ4v) is 9.52. The summed E-state index contributed by atoms with van der Waals surface area (Å²) in [5, 5.41) is 7.35. The summed E-state index contributed by atoms with van der Waals surface area (Å²) in [5.41, 5.74) is 11.6. The van der Waals surface area contributed by atoms with Crippen LogP contribution in [0.3, 0.4) is 0 Å². The highest BCUT2D eigenvalue weighted by atomic mass is 15.0. The normalized spacial score (nSPS) is 14.6. The van der Waals surface area contributed by atoms with E-state index in [1.54, 1.807) is 0 Å². The Morgan fingerprint density at radius 1 is 0.407 bits per heavy atom. The average molecular weight is 761 g/mol. The molecule has 0 N–H and O–H groups in total. The van der Waals surface area contributed by atoms with E-state index < -0.39 is 0 Å². The molecule has 0 aliphatic heterocycles. The minimum atomic E-state index is 0.0702. The summed E-state index contributed by atoms with van der Waals surface area (Å²) in [4.78, 5) is 15.8. The van der Waals surface area contributed by atoms with Crippen molar-refractivity contribution < 1.29 is 0 Å². The summed E-state index contributed by atoms with van der Waals surface area (Å²) in [6.07, 6.45) is 2.33. The molecule has 0 unspecified atom stereocenters. The maximum Gasteiger partial charge on any atom is 0.164 e. The van der Waals surface area contributed by atoms with Crippen LogP contribution in [0.5, 0.6) is 0 Å². The zero-order chi connectivity index (χ0) is 39.9. The van der Waals surface area contributed by atoms with Crippen LogP contribution < -0.4 is 0 Å². The van der Waals surface area contributed by atoms with Crippen LogP contribution in [-0.4, -0.2) is 19.5 Å². The molecule has 8 aromatic carbocycles. The minimum Gasteiger partial charge on any atom is -0.309 e. The fourth-order valence-electron chi connectivity index (χ4n) is 9.52. The lowest BCUT2D eigenvalue weighted by molar-refractivity contribution is 0.332. The molecule has 4 nitrogen and oxygen atoms in total. The molecule has 2 aromatic heterocycles. The van der Waals surface area contributed by atoms with E-state index in [0.29, 0.717) is 17.5 Å². The zero-order valence-corrected chi connectivity index (χ0v) is 33.9. The first-order valence-electron chi connectivity index (χ1n) is 20.7. The standard InChI is InChI=1S/C55H44N4/c1-54(2)29-30-55(3,4)48-34-49-46(33-47(48)54)44-28-27-37-18-10-11-23-43(37)50(44)59(49)41-21-14-20-39(32-41)51-56-52(40-26-25-35-15-8-9-19-38(35)31-40)58-53(57-51)45-24-13-12-22-42(45)36-16-6-5-7-17-36/h5-28,31-34H,29-30H2,1-4H3. The first kappa shape index (κ1) is 35.3. The van der Waals surface area contributed by atoms with E-state index in [9.17, 15) is 0 Å². The maximum atomic E-state index is 5.31. The van der Waals surface area contributed by atoms with Crippen molar-refractivity contribution in [3.63, 3.8) is 0 Å². The monoisotopic (exact) mass is 760 g/mol. The number of rotatable bonds is 5. The molecule has 0 saturated heterocycles. The van der Waals surface area contributed by atoms with E-state index >= 15 is 0 Å². The van der Waals surface area contributed by atoms with Gasteiger partial charge in [-0.15, -0.1) is 0 Å². The van der Waals surface area contributed by atoms with Crippen molar-refractivity contribution in [1.82, 2.24) is 19.5 Å². The average Bonchev–Trinajstić information content (AvgIpc) is 3.62. The van der Waals surface area contributed by atoms with Crippen LogP contribution in [0.2, 0.25) is 0 Å². The summed E-state index contributed by atoms with van der Waals surface area (Å²) in [6.45, 7) is 9.66. The number of hydrogen-bond donors (Lipinski definition) is 0. The molecule has 59 heavy (non-hydrogen) atoms. The number of aromatic nitrogens is 4. The molecule has 0 saturated carbocycles. The highest BCUT2D eigenvalue weighted by Gasteiger charge is 2.38. The molecule has 2 heterocycles. The predicted octanol–water partition coefficient (Wildman–Crippen LogP) is 14.3. The largest absolute Gasteiger partial charge is 0.309 e. The number of benzene rings is 8. The fraction of sp³-hybridized carbons (Fsp3) is 0.145. The van der Waals surface area contributed by atoms with Crippen LogP contribution in [0.4, 0.5) is 0 Å². The van der Waals surface area contributed by atoms with Crippen molar-refractivity contribution in [1.29, 1.82) is 0 Å². The lowest BCUT2D eigenvalue weighted by atomic mass is 9.63. The Morgan fingerprint density at radius 3 is 1.78 bits per heavy atom. The molecular weight excluding hydrogens is 717 g/mol. The van der Waals surface area contributed by atoms with Crippen LogP contribution in [-0.2, 0) is 10.8 Å². The van der Waals surface area contributed by atoms with Crippen LogP contribution in [0.25, 0.3) is 94.3 Å².